The lowest BCUT2D eigenvalue weighted by molar-refractivity contribution is -0.730. The molecule has 0 unspecified atom stereocenters. The first kappa shape index (κ1) is 24.0. The molecule has 2 heterocycles. The van der Waals surface area contributed by atoms with Gasteiger partial charge in [0.25, 0.3) is 5.69 Å². The predicted molar refractivity (Wildman–Crippen MR) is 116 cm³/mol. The number of carbonyl (C=O) groups is 2. The normalized spacial score (nSPS) is 10.2. The van der Waals surface area contributed by atoms with Gasteiger partial charge >= 0.3 is 5.97 Å². The molecule has 0 spiro atoms. The van der Waals surface area contributed by atoms with Crippen molar-refractivity contribution in [3.63, 3.8) is 0 Å². The number of benzene rings is 1. The van der Waals surface area contributed by atoms with Crippen LogP contribution in [0, 0.1) is 22.7 Å². The van der Waals surface area contributed by atoms with Crippen LogP contribution < -0.4 is 20.8 Å². The fourth-order valence-corrected chi connectivity index (χ4v) is 3.75. The summed E-state index contributed by atoms with van der Waals surface area (Å²) < 4.78 is 10.6. The predicted octanol–water partition coefficient (Wildman–Crippen LogP) is 0.868. The molecule has 0 aliphatic carbocycles. The molecular formula is C21H17N7O5S. The third kappa shape index (κ3) is 4.90. The van der Waals surface area contributed by atoms with E-state index in [0.717, 1.165) is 16.4 Å². The molecule has 34 heavy (non-hydrogen) atoms. The number of rotatable bonds is 7. The van der Waals surface area contributed by atoms with Crippen LogP contribution in [0.4, 0.5) is 11.5 Å². The molecule has 0 saturated heterocycles. The third-order valence-corrected chi connectivity index (χ3v) is 5.41. The van der Waals surface area contributed by atoms with Crippen molar-refractivity contribution in [2.24, 2.45) is 7.05 Å². The summed E-state index contributed by atoms with van der Waals surface area (Å²) in [7, 11) is 1.41. The summed E-state index contributed by atoms with van der Waals surface area (Å²) in [6, 6.07) is 9.90. The molecule has 3 N–H and O–H groups in total. The van der Waals surface area contributed by atoms with Gasteiger partial charge in [-0.1, -0.05) is 16.4 Å². The number of nitrogen functional groups attached to an aromatic ring is 1. The first-order chi connectivity index (χ1) is 16.3. The van der Waals surface area contributed by atoms with Crippen molar-refractivity contribution in [2.75, 3.05) is 23.4 Å². The van der Waals surface area contributed by atoms with Crippen molar-refractivity contribution in [1.82, 2.24) is 10.3 Å². The Hall–Kier alpha value is -4.62. The van der Waals surface area contributed by atoms with Gasteiger partial charge in [0.2, 0.25) is 5.91 Å². The van der Waals surface area contributed by atoms with Crippen LogP contribution in [0.25, 0.3) is 11.3 Å². The van der Waals surface area contributed by atoms with Crippen LogP contribution in [0.2, 0.25) is 0 Å². The minimum absolute atomic E-state index is 0.0578. The Kier molecular flexibility index (Phi) is 7.30. The zero-order chi connectivity index (χ0) is 24.8. The zero-order valence-electron chi connectivity index (χ0n) is 18.0. The second-order valence-corrected chi connectivity index (χ2v) is 7.58. The number of esters is 1. The van der Waals surface area contributed by atoms with Crippen LogP contribution >= 0.6 is 11.8 Å². The van der Waals surface area contributed by atoms with E-state index in [1.165, 1.54) is 19.2 Å². The van der Waals surface area contributed by atoms with Crippen molar-refractivity contribution >= 4 is 35.1 Å². The molecule has 1 aromatic carbocycles. The zero-order valence-corrected chi connectivity index (χ0v) is 18.8. The molecule has 1 amide bonds. The van der Waals surface area contributed by atoms with Gasteiger partial charge in [-0.25, -0.2) is 9.78 Å². The first-order valence-corrected chi connectivity index (χ1v) is 10.7. The maximum atomic E-state index is 12.4. The smallest absolute Gasteiger partial charge is 0.338 e. The molecule has 0 radical (unpaired) electrons. The number of aryl methyl sites for hydroxylation is 1. The second kappa shape index (κ2) is 10.3. The minimum Gasteiger partial charge on any atom is -0.539 e. The van der Waals surface area contributed by atoms with E-state index in [1.807, 2.05) is 12.1 Å². The van der Waals surface area contributed by atoms with Gasteiger partial charge in [-0.3, -0.25) is 4.79 Å². The minimum atomic E-state index is -0.860. The molecular weight excluding hydrogens is 462 g/mol. The van der Waals surface area contributed by atoms with E-state index in [2.05, 4.69) is 20.1 Å². The van der Waals surface area contributed by atoms with Crippen molar-refractivity contribution in [3.8, 4) is 29.3 Å². The molecule has 0 saturated carbocycles. The summed E-state index contributed by atoms with van der Waals surface area (Å²) >= 11 is 0.899. The van der Waals surface area contributed by atoms with E-state index < -0.39 is 17.8 Å². The number of nitrogens with two attached hydrogens (primary N) is 1. The van der Waals surface area contributed by atoms with Gasteiger partial charge < -0.3 is 25.4 Å². The van der Waals surface area contributed by atoms with Gasteiger partial charge in [0, 0.05) is 5.69 Å². The number of pyridine rings is 1. The van der Waals surface area contributed by atoms with E-state index >= 15 is 0 Å². The van der Waals surface area contributed by atoms with Gasteiger partial charge in [0.1, 0.15) is 28.5 Å². The van der Waals surface area contributed by atoms with Gasteiger partial charge in [0.05, 0.1) is 34.3 Å². The van der Waals surface area contributed by atoms with Gasteiger partial charge in [0.15, 0.2) is 13.0 Å². The number of ether oxygens (including phenoxy) is 1. The topological polar surface area (TPSA) is 195 Å². The van der Waals surface area contributed by atoms with Crippen molar-refractivity contribution in [2.45, 2.75) is 11.9 Å². The number of hydrogen-bond donors (Lipinski definition) is 2. The van der Waals surface area contributed by atoms with Crippen LogP contribution in [0.15, 0.2) is 33.8 Å². The summed E-state index contributed by atoms with van der Waals surface area (Å²) in [5, 5.41) is 37.6. The first-order valence-electron chi connectivity index (χ1n) is 9.67. The van der Waals surface area contributed by atoms with Crippen molar-refractivity contribution < 1.29 is 28.6 Å². The van der Waals surface area contributed by atoms with Crippen LogP contribution in [0.3, 0.4) is 0 Å². The quantitative estimate of drug-likeness (QED) is 0.277. The Morgan fingerprint density at radius 1 is 1.26 bits per heavy atom. The van der Waals surface area contributed by atoms with Crippen LogP contribution in [0.5, 0.6) is 5.95 Å². The van der Waals surface area contributed by atoms with Crippen molar-refractivity contribution in [1.29, 1.82) is 10.5 Å². The lowest BCUT2D eigenvalue weighted by Gasteiger charge is -2.11. The Balaban J connectivity index is 1.83. The van der Waals surface area contributed by atoms with Crippen LogP contribution in [-0.2, 0) is 16.6 Å². The Labute approximate surface area is 197 Å². The van der Waals surface area contributed by atoms with Gasteiger partial charge in [-0.05, 0) is 31.2 Å². The van der Waals surface area contributed by atoms with E-state index in [0.29, 0.717) is 11.3 Å². The molecule has 0 aliphatic heterocycles. The summed E-state index contributed by atoms with van der Waals surface area (Å²) in [6.45, 7) is 1.95. The molecule has 0 atom stereocenters. The Bertz CT molecular complexity index is 1320. The molecule has 0 aliphatic rings. The average molecular weight is 479 g/mol. The fraction of sp³-hybridized carbons (Fsp3) is 0.190. The number of nitriles is 2. The highest BCUT2D eigenvalue weighted by molar-refractivity contribution is 8.00. The summed E-state index contributed by atoms with van der Waals surface area (Å²) in [5.41, 5.74) is 6.18. The number of nitrogens with one attached hydrogen (secondary N) is 1. The highest BCUT2D eigenvalue weighted by Gasteiger charge is 2.29. The molecule has 0 bridgehead atoms. The summed E-state index contributed by atoms with van der Waals surface area (Å²) in [5.74, 6) is -2.13. The SMILES string of the molecule is CCOC(=O)c1ccc(NC(=O)CSc2nc(N)c(C#N)c(-c3c([O-])on[n+]3C)c2C#N)cc1. The maximum Gasteiger partial charge on any atom is 0.338 e. The van der Waals surface area contributed by atoms with E-state index in [1.54, 1.807) is 19.1 Å². The van der Waals surface area contributed by atoms with Crippen molar-refractivity contribution in [3.05, 3.63) is 41.0 Å². The van der Waals surface area contributed by atoms with Gasteiger partial charge in [-0.15, -0.1) is 0 Å². The lowest BCUT2D eigenvalue weighted by atomic mass is 10.0. The highest BCUT2D eigenvalue weighted by Crippen LogP contribution is 2.36. The van der Waals surface area contributed by atoms with E-state index in [-0.39, 0.29) is 45.6 Å². The van der Waals surface area contributed by atoms with Gasteiger partial charge in [-0.2, -0.15) is 10.5 Å². The number of aromatic nitrogens is 3. The number of nitrogens with zero attached hydrogens (tertiary/aromatic N) is 5. The average Bonchev–Trinajstić information content (AvgIpc) is 3.15. The number of carbonyl (C=O) groups excluding carboxylic acids is 2. The molecule has 3 rings (SSSR count). The molecule has 2 aromatic heterocycles. The summed E-state index contributed by atoms with van der Waals surface area (Å²) in [4.78, 5) is 28.2. The Morgan fingerprint density at radius 3 is 2.50 bits per heavy atom. The summed E-state index contributed by atoms with van der Waals surface area (Å²) in [6.07, 6.45) is 0. The lowest BCUT2D eigenvalue weighted by Crippen LogP contribution is -2.32. The number of hydrogen-bond acceptors (Lipinski definition) is 11. The van der Waals surface area contributed by atoms with E-state index in [9.17, 15) is 25.2 Å². The monoisotopic (exact) mass is 479 g/mol. The molecule has 3 aromatic rings. The second-order valence-electron chi connectivity index (χ2n) is 6.62. The maximum absolute atomic E-state index is 12.4. The van der Waals surface area contributed by atoms with Crippen LogP contribution in [0.1, 0.15) is 28.4 Å². The molecule has 12 nitrogen and oxygen atoms in total. The molecule has 13 heteroatoms. The number of amides is 1. The highest BCUT2D eigenvalue weighted by atomic mass is 32.2. The molecule has 172 valence electrons. The largest absolute Gasteiger partial charge is 0.539 e. The van der Waals surface area contributed by atoms with E-state index in [4.69, 9.17) is 10.5 Å². The standard InChI is InChI=1S/C21H17N7O5S/c1-3-32-20(30)11-4-6-12(7-5-11)25-15(29)10-34-19-14(9-23)16(13(8-22)18(24)26-19)17-21(31)33-27-28(17)2/h4-7H,3,10H2,1-2H3,(H3-,24,25,26,27,29,30,31). The number of thioether (sulfide) groups is 1. The number of anilines is 2. The third-order valence-electron chi connectivity index (χ3n) is 4.44. The Morgan fingerprint density at radius 2 is 1.94 bits per heavy atom. The fourth-order valence-electron chi connectivity index (χ4n) is 2.95. The van der Waals surface area contributed by atoms with Crippen LogP contribution in [-0.4, -0.2) is 34.5 Å². The molecule has 0 fully saturated rings.